The number of rotatable bonds is 6. The van der Waals surface area contributed by atoms with Gasteiger partial charge in [-0.2, -0.15) is 5.10 Å². The number of hydrogen-bond acceptors (Lipinski definition) is 4. The Morgan fingerprint density at radius 3 is 2.30 bits per heavy atom. The second-order valence-corrected chi connectivity index (χ2v) is 8.82. The Kier molecular flexibility index (Phi) is 7.03. The van der Waals surface area contributed by atoms with E-state index < -0.39 is 11.9 Å². The first kappa shape index (κ1) is 24.3. The second-order valence-electron chi connectivity index (χ2n) is 8.01. The van der Waals surface area contributed by atoms with Gasteiger partial charge in [-0.15, -0.1) is 0 Å². The molecule has 182 valence electrons. The van der Waals surface area contributed by atoms with Gasteiger partial charge in [-0.25, -0.2) is 10.2 Å². The number of halogens is 2. The van der Waals surface area contributed by atoms with Gasteiger partial charge in [0.15, 0.2) is 0 Å². The van der Waals surface area contributed by atoms with E-state index in [0.717, 1.165) is 16.5 Å². The SMILES string of the molecule is O=C(Oc1ccccc1C=NNC(=O)c1[nH]c2ccccc2c1-c1ccccc1Cl)c1ccccc1Cl. The molecule has 0 saturated carbocycles. The standard InChI is InChI=1S/C29H19Cl2N3O3/c30-22-13-5-2-10-19(22)26-21-12-4-7-15-24(21)33-27(26)28(35)34-32-17-18-9-1-8-16-25(18)37-29(36)20-11-3-6-14-23(20)31/h1-17,33H,(H,34,35). The highest BCUT2D eigenvalue weighted by Crippen LogP contribution is 2.36. The van der Waals surface area contributed by atoms with Crippen LogP contribution in [0.4, 0.5) is 0 Å². The number of amides is 1. The minimum absolute atomic E-state index is 0.245. The largest absolute Gasteiger partial charge is 0.422 e. The number of para-hydroxylation sites is 2. The van der Waals surface area contributed by atoms with E-state index in [1.807, 2.05) is 42.5 Å². The molecule has 0 aliphatic heterocycles. The Balaban J connectivity index is 1.40. The lowest BCUT2D eigenvalue weighted by Crippen LogP contribution is -2.19. The zero-order valence-corrected chi connectivity index (χ0v) is 20.8. The van der Waals surface area contributed by atoms with Gasteiger partial charge in [0.05, 0.1) is 16.8 Å². The molecular formula is C29H19Cl2N3O3. The first-order chi connectivity index (χ1) is 18.0. The van der Waals surface area contributed by atoms with E-state index in [4.69, 9.17) is 27.9 Å². The normalized spacial score (nSPS) is 11.1. The summed E-state index contributed by atoms with van der Waals surface area (Å²) in [7, 11) is 0. The monoisotopic (exact) mass is 527 g/mol. The van der Waals surface area contributed by atoms with E-state index in [0.29, 0.717) is 26.9 Å². The van der Waals surface area contributed by atoms with Crippen molar-refractivity contribution in [2.45, 2.75) is 0 Å². The van der Waals surface area contributed by atoms with Crippen LogP contribution in [-0.4, -0.2) is 23.1 Å². The molecule has 0 radical (unpaired) electrons. The number of fused-ring (bicyclic) bond motifs is 1. The predicted octanol–water partition coefficient (Wildman–Crippen LogP) is 7.12. The summed E-state index contributed by atoms with van der Waals surface area (Å²) < 4.78 is 5.54. The number of H-pyrrole nitrogens is 1. The Labute approximate surface area is 222 Å². The summed E-state index contributed by atoms with van der Waals surface area (Å²) >= 11 is 12.6. The van der Waals surface area contributed by atoms with Crippen LogP contribution >= 0.6 is 23.2 Å². The molecule has 1 aromatic heterocycles. The van der Waals surface area contributed by atoms with E-state index >= 15 is 0 Å². The summed E-state index contributed by atoms with van der Waals surface area (Å²) in [6, 6.07) is 28.4. The maximum absolute atomic E-state index is 13.2. The number of esters is 1. The minimum Gasteiger partial charge on any atom is -0.422 e. The number of carbonyl (C=O) groups is 2. The molecule has 2 N–H and O–H groups in total. The maximum atomic E-state index is 13.2. The summed E-state index contributed by atoms with van der Waals surface area (Å²) in [4.78, 5) is 29.0. The van der Waals surface area contributed by atoms with Gasteiger partial charge < -0.3 is 9.72 Å². The third kappa shape index (κ3) is 5.11. The molecule has 0 spiro atoms. The third-order valence-corrected chi connectivity index (χ3v) is 6.32. The molecule has 0 atom stereocenters. The molecule has 0 unspecified atom stereocenters. The number of aromatic nitrogens is 1. The predicted molar refractivity (Wildman–Crippen MR) is 147 cm³/mol. The summed E-state index contributed by atoms with van der Waals surface area (Å²) in [6.07, 6.45) is 1.41. The molecule has 0 aliphatic carbocycles. The number of nitrogens with one attached hydrogen (secondary N) is 2. The fourth-order valence-corrected chi connectivity index (χ4v) is 4.38. The van der Waals surface area contributed by atoms with Crippen molar-refractivity contribution < 1.29 is 14.3 Å². The van der Waals surface area contributed by atoms with Gasteiger partial charge in [-0.3, -0.25) is 4.79 Å². The number of benzene rings is 4. The first-order valence-corrected chi connectivity index (χ1v) is 12.0. The van der Waals surface area contributed by atoms with E-state index in [9.17, 15) is 9.59 Å². The smallest absolute Gasteiger partial charge is 0.345 e. The fraction of sp³-hybridized carbons (Fsp3) is 0. The molecule has 4 aromatic carbocycles. The van der Waals surface area contributed by atoms with Crippen molar-refractivity contribution in [3.8, 4) is 16.9 Å². The third-order valence-electron chi connectivity index (χ3n) is 5.66. The van der Waals surface area contributed by atoms with Gasteiger partial charge in [-0.1, -0.05) is 83.9 Å². The quantitative estimate of drug-likeness (QED) is 0.107. The van der Waals surface area contributed by atoms with Crippen molar-refractivity contribution in [3.05, 3.63) is 124 Å². The highest BCUT2D eigenvalue weighted by molar-refractivity contribution is 6.34. The molecule has 1 amide bonds. The van der Waals surface area contributed by atoms with E-state index in [1.54, 1.807) is 54.6 Å². The highest BCUT2D eigenvalue weighted by atomic mass is 35.5. The lowest BCUT2D eigenvalue weighted by molar-refractivity contribution is 0.0734. The van der Waals surface area contributed by atoms with Crippen LogP contribution in [0.3, 0.4) is 0 Å². The van der Waals surface area contributed by atoms with Crippen molar-refractivity contribution in [3.63, 3.8) is 0 Å². The Bertz CT molecular complexity index is 1660. The molecule has 37 heavy (non-hydrogen) atoms. The zero-order chi connectivity index (χ0) is 25.8. The number of aromatic amines is 1. The molecule has 5 rings (SSSR count). The van der Waals surface area contributed by atoms with Crippen LogP contribution in [0.25, 0.3) is 22.0 Å². The molecule has 0 aliphatic rings. The number of ether oxygens (including phenoxy) is 1. The molecular weight excluding hydrogens is 509 g/mol. The second kappa shape index (κ2) is 10.7. The van der Waals surface area contributed by atoms with E-state index in [-0.39, 0.29) is 11.3 Å². The Hall–Kier alpha value is -4.39. The zero-order valence-electron chi connectivity index (χ0n) is 19.2. The molecule has 1 heterocycles. The number of nitrogens with zero attached hydrogens (tertiary/aromatic N) is 1. The van der Waals surface area contributed by atoms with Gasteiger partial charge in [0.1, 0.15) is 11.4 Å². The van der Waals surface area contributed by atoms with Gasteiger partial charge in [0.25, 0.3) is 5.91 Å². The first-order valence-electron chi connectivity index (χ1n) is 11.3. The molecule has 0 saturated heterocycles. The maximum Gasteiger partial charge on any atom is 0.345 e. The minimum atomic E-state index is -0.599. The number of carbonyl (C=O) groups excluding carboxylic acids is 2. The molecule has 0 bridgehead atoms. The van der Waals surface area contributed by atoms with Crippen LogP contribution in [0, 0.1) is 0 Å². The summed E-state index contributed by atoms with van der Waals surface area (Å²) in [5, 5.41) is 5.79. The molecule has 5 aromatic rings. The Morgan fingerprint density at radius 2 is 1.49 bits per heavy atom. The summed E-state index contributed by atoms with van der Waals surface area (Å²) in [6.45, 7) is 0. The van der Waals surface area contributed by atoms with Crippen LogP contribution in [0.15, 0.2) is 102 Å². The van der Waals surface area contributed by atoms with Crippen molar-refractivity contribution in [1.82, 2.24) is 10.4 Å². The van der Waals surface area contributed by atoms with Gasteiger partial charge in [-0.05, 0) is 36.4 Å². The molecule has 0 fully saturated rings. The van der Waals surface area contributed by atoms with Gasteiger partial charge >= 0.3 is 5.97 Å². The lowest BCUT2D eigenvalue weighted by atomic mass is 10.0. The van der Waals surface area contributed by atoms with Crippen molar-refractivity contribution in [2.75, 3.05) is 0 Å². The van der Waals surface area contributed by atoms with E-state index in [1.165, 1.54) is 6.21 Å². The topological polar surface area (TPSA) is 83.5 Å². The van der Waals surface area contributed by atoms with Crippen LogP contribution < -0.4 is 10.2 Å². The van der Waals surface area contributed by atoms with Crippen molar-refractivity contribution in [1.29, 1.82) is 0 Å². The molecule has 6 nitrogen and oxygen atoms in total. The van der Waals surface area contributed by atoms with Gasteiger partial charge in [0.2, 0.25) is 0 Å². The van der Waals surface area contributed by atoms with Crippen LogP contribution in [0.5, 0.6) is 5.75 Å². The average molecular weight is 528 g/mol. The van der Waals surface area contributed by atoms with Crippen LogP contribution in [0.1, 0.15) is 26.4 Å². The number of hydrogen-bond donors (Lipinski definition) is 2. The Morgan fingerprint density at radius 1 is 0.811 bits per heavy atom. The van der Waals surface area contributed by atoms with Crippen molar-refractivity contribution >= 4 is 52.2 Å². The number of hydrazone groups is 1. The average Bonchev–Trinajstić information content (AvgIpc) is 3.30. The van der Waals surface area contributed by atoms with Crippen LogP contribution in [-0.2, 0) is 0 Å². The van der Waals surface area contributed by atoms with Crippen molar-refractivity contribution in [2.24, 2.45) is 5.10 Å². The fourth-order valence-electron chi connectivity index (χ4n) is 3.93. The van der Waals surface area contributed by atoms with E-state index in [2.05, 4.69) is 15.5 Å². The van der Waals surface area contributed by atoms with Gasteiger partial charge in [0, 0.05) is 32.6 Å². The van der Waals surface area contributed by atoms with Crippen LogP contribution in [0.2, 0.25) is 10.0 Å². The summed E-state index contributed by atoms with van der Waals surface area (Å²) in [5.41, 5.74) is 5.82. The highest BCUT2D eigenvalue weighted by Gasteiger charge is 2.20. The summed E-state index contributed by atoms with van der Waals surface area (Å²) in [5.74, 6) is -0.779. The lowest BCUT2D eigenvalue weighted by Gasteiger charge is -2.08. The molecule has 8 heteroatoms.